The van der Waals surface area contributed by atoms with Gasteiger partial charge in [0, 0.05) is 25.0 Å². The predicted molar refractivity (Wildman–Crippen MR) is 78.7 cm³/mol. The van der Waals surface area contributed by atoms with Gasteiger partial charge in [-0.25, -0.2) is 4.98 Å². The Morgan fingerprint density at radius 3 is 3.05 bits per heavy atom. The number of likely N-dealkylation sites (tertiary alicyclic amines) is 1. The quantitative estimate of drug-likeness (QED) is 0.842. The third-order valence-corrected chi connectivity index (χ3v) is 4.18. The second kappa shape index (κ2) is 5.27. The number of rotatable bonds is 2. The van der Waals surface area contributed by atoms with Crippen molar-refractivity contribution in [3.63, 3.8) is 0 Å². The Morgan fingerprint density at radius 1 is 1.45 bits per heavy atom. The molecular weight excluding hydrogens is 250 g/mol. The van der Waals surface area contributed by atoms with Gasteiger partial charge >= 0.3 is 0 Å². The lowest BCUT2D eigenvalue weighted by Gasteiger charge is -2.33. The van der Waals surface area contributed by atoms with Crippen LogP contribution in [-0.4, -0.2) is 32.8 Å². The van der Waals surface area contributed by atoms with Crippen molar-refractivity contribution in [2.75, 3.05) is 6.54 Å². The van der Waals surface area contributed by atoms with Gasteiger partial charge in [-0.2, -0.15) is 0 Å². The van der Waals surface area contributed by atoms with Gasteiger partial charge in [0.1, 0.15) is 5.65 Å². The Balaban J connectivity index is 1.78. The number of nitrogens with zero attached hydrogens (tertiary/aromatic N) is 3. The summed E-state index contributed by atoms with van der Waals surface area (Å²) in [6.07, 6.45) is 7.84. The normalized spacial score (nSPS) is 19.5. The number of fused-ring (bicyclic) bond motifs is 1. The lowest BCUT2D eigenvalue weighted by Crippen LogP contribution is -2.42. The Kier molecular flexibility index (Phi) is 3.47. The summed E-state index contributed by atoms with van der Waals surface area (Å²) in [5, 5.41) is 0. The van der Waals surface area contributed by atoms with Gasteiger partial charge in [-0.3, -0.25) is 4.79 Å². The molecule has 3 rings (SSSR count). The molecule has 1 amide bonds. The van der Waals surface area contributed by atoms with Crippen molar-refractivity contribution in [3.05, 3.63) is 35.8 Å². The smallest absolute Gasteiger partial charge is 0.228 e. The minimum absolute atomic E-state index is 0.207. The van der Waals surface area contributed by atoms with Crippen LogP contribution < -0.4 is 0 Å². The summed E-state index contributed by atoms with van der Waals surface area (Å²) in [4.78, 5) is 19.0. The van der Waals surface area contributed by atoms with Gasteiger partial charge in [-0.15, -0.1) is 0 Å². The minimum Gasteiger partial charge on any atom is -0.340 e. The van der Waals surface area contributed by atoms with Crippen molar-refractivity contribution < 1.29 is 4.79 Å². The third-order valence-electron chi connectivity index (χ3n) is 4.18. The van der Waals surface area contributed by atoms with E-state index in [0.717, 1.165) is 36.3 Å². The van der Waals surface area contributed by atoms with Gasteiger partial charge in [-0.1, -0.05) is 6.07 Å². The fraction of sp³-hybridized carbons (Fsp3) is 0.500. The molecule has 0 radical (unpaired) electrons. The van der Waals surface area contributed by atoms with E-state index in [1.807, 2.05) is 40.8 Å². The summed E-state index contributed by atoms with van der Waals surface area (Å²) in [7, 11) is 0. The van der Waals surface area contributed by atoms with Crippen molar-refractivity contribution in [3.8, 4) is 0 Å². The van der Waals surface area contributed by atoms with Crippen LogP contribution in [0.3, 0.4) is 0 Å². The minimum atomic E-state index is 0.207. The summed E-state index contributed by atoms with van der Waals surface area (Å²) < 4.78 is 2.00. The first-order chi connectivity index (χ1) is 9.65. The van der Waals surface area contributed by atoms with E-state index in [0.29, 0.717) is 12.5 Å². The SMILES string of the molecule is Cc1cccn2cc(CC(=O)N3CCCCC3C)nc12. The summed E-state index contributed by atoms with van der Waals surface area (Å²) >= 11 is 0. The Hall–Kier alpha value is -1.84. The van der Waals surface area contributed by atoms with Crippen LogP contribution in [0.25, 0.3) is 5.65 Å². The second-order valence-corrected chi connectivity index (χ2v) is 5.76. The lowest BCUT2D eigenvalue weighted by molar-refractivity contribution is -0.133. The molecule has 4 heteroatoms. The number of piperidine rings is 1. The number of hydrogen-bond acceptors (Lipinski definition) is 2. The summed E-state index contributed by atoms with van der Waals surface area (Å²) in [6.45, 7) is 5.08. The number of aryl methyl sites for hydroxylation is 1. The largest absolute Gasteiger partial charge is 0.340 e. The molecule has 0 saturated carbocycles. The second-order valence-electron chi connectivity index (χ2n) is 5.76. The van der Waals surface area contributed by atoms with Gasteiger partial charge in [0.15, 0.2) is 0 Å². The molecule has 2 aromatic heterocycles. The highest BCUT2D eigenvalue weighted by Gasteiger charge is 2.23. The van der Waals surface area contributed by atoms with Gasteiger partial charge in [-0.05, 0) is 44.7 Å². The molecule has 106 valence electrons. The van der Waals surface area contributed by atoms with Crippen LogP contribution in [0.15, 0.2) is 24.5 Å². The molecule has 20 heavy (non-hydrogen) atoms. The predicted octanol–water partition coefficient (Wildman–Crippen LogP) is 2.59. The lowest BCUT2D eigenvalue weighted by atomic mass is 10.0. The van der Waals surface area contributed by atoms with E-state index in [1.165, 1.54) is 6.42 Å². The highest BCUT2D eigenvalue weighted by atomic mass is 16.2. The van der Waals surface area contributed by atoms with Crippen LogP contribution in [0, 0.1) is 6.92 Å². The first kappa shape index (κ1) is 13.2. The standard InChI is InChI=1S/C16H21N3O/c1-12-6-5-8-18-11-14(17-16(12)18)10-15(20)19-9-4-3-7-13(19)2/h5-6,8,11,13H,3-4,7,9-10H2,1-2H3. The maximum Gasteiger partial charge on any atom is 0.228 e. The Bertz CT molecular complexity index is 632. The van der Waals surface area contributed by atoms with Gasteiger partial charge in [0.05, 0.1) is 12.1 Å². The van der Waals surface area contributed by atoms with Crippen LogP contribution in [0.4, 0.5) is 0 Å². The van der Waals surface area contributed by atoms with E-state index in [-0.39, 0.29) is 5.91 Å². The average Bonchev–Trinajstić information content (AvgIpc) is 2.83. The summed E-state index contributed by atoms with van der Waals surface area (Å²) in [5.41, 5.74) is 2.95. The van der Waals surface area contributed by atoms with Gasteiger partial charge < -0.3 is 9.30 Å². The van der Waals surface area contributed by atoms with E-state index < -0.39 is 0 Å². The van der Waals surface area contributed by atoms with E-state index in [4.69, 9.17) is 0 Å². The summed E-state index contributed by atoms with van der Waals surface area (Å²) in [5.74, 6) is 0.207. The third kappa shape index (κ3) is 2.42. The van der Waals surface area contributed by atoms with E-state index in [9.17, 15) is 4.79 Å². The molecule has 2 aromatic rings. The van der Waals surface area contributed by atoms with E-state index in [2.05, 4.69) is 11.9 Å². The maximum atomic E-state index is 12.4. The zero-order valence-electron chi connectivity index (χ0n) is 12.2. The number of hydrogen-bond donors (Lipinski definition) is 0. The van der Waals surface area contributed by atoms with Crippen LogP contribution in [0.2, 0.25) is 0 Å². The maximum absolute atomic E-state index is 12.4. The molecule has 0 aromatic carbocycles. The molecule has 3 heterocycles. The molecule has 1 aliphatic heterocycles. The molecule has 0 bridgehead atoms. The molecular formula is C16H21N3O. The molecule has 1 unspecified atom stereocenters. The molecule has 1 atom stereocenters. The number of carbonyl (C=O) groups is 1. The number of pyridine rings is 1. The number of carbonyl (C=O) groups excluding carboxylic acids is 1. The fourth-order valence-electron chi connectivity index (χ4n) is 3.01. The monoisotopic (exact) mass is 271 g/mol. The van der Waals surface area contributed by atoms with Crippen molar-refractivity contribution >= 4 is 11.6 Å². The molecule has 0 N–H and O–H groups in total. The molecule has 0 aliphatic carbocycles. The van der Waals surface area contributed by atoms with Crippen molar-refractivity contribution in [1.82, 2.24) is 14.3 Å². The van der Waals surface area contributed by atoms with Crippen LogP contribution in [0.5, 0.6) is 0 Å². The van der Waals surface area contributed by atoms with Crippen LogP contribution in [-0.2, 0) is 11.2 Å². The zero-order chi connectivity index (χ0) is 14.1. The summed E-state index contributed by atoms with van der Waals surface area (Å²) in [6, 6.07) is 4.41. The van der Waals surface area contributed by atoms with Crippen LogP contribution >= 0.6 is 0 Å². The van der Waals surface area contributed by atoms with Crippen molar-refractivity contribution in [2.45, 2.75) is 45.6 Å². The molecule has 1 aliphatic rings. The zero-order valence-corrected chi connectivity index (χ0v) is 12.2. The van der Waals surface area contributed by atoms with Gasteiger partial charge in [0.25, 0.3) is 0 Å². The fourth-order valence-corrected chi connectivity index (χ4v) is 3.01. The number of aromatic nitrogens is 2. The number of imidazole rings is 1. The Morgan fingerprint density at radius 2 is 2.30 bits per heavy atom. The average molecular weight is 271 g/mol. The first-order valence-corrected chi connectivity index (χ1v) is 7.38. The molecule has 1 saturated heterocycles. The first-order valence-electron chi connectivity index (χ1n) is 7.38. The Labute approximate surface area is 119 Å². The van der Waals surface area contributed by atoms with Gasteiger partial charge in [0.2, 0.25) is 5.91 Å². The molecule has 1 fully saturated rings. The molecule has 4 nitrogen and oxygen atoms in total. The van der Waals surface area contributed by atoms with Crippen molar-refractivity contribution in [1.29, 1.82) is 0 Å². The van der Waals surface area contributed by atoms with E-state index in [1.54, 1.807) is 0 Å². The van der Waals surface area contributed by atoms with Crippen molar-refractivity contribution in [2.24, 2.45) is 0 Å². The van der Waals surface area contributed by atoms with Crippen LogP contribution in [0.1, 0.15) is 37.4 Å². The number of amides is 1. The molecule has 0 spiro atoms. The topological polar surface area (TPSA) is 37.6 Å². The van der Waals surface area contributed by atoms with E-state index >= 15 is 0 Å². The highest BCUT2D eigenvalue weighted by molar-refractivity contribution is 5.79. The highest BCUT2D eigenvalue weighted by Crippen LogP contribution is 2.18.